The van der Waals surface area contributed by atoms with E-state index in [-0.39, 0.29) is 27.9 Å². The molecule has 6 nitrogen and oxygen atoms in total. The van der Waals surface area contributed by atoms with Gasteiger partial charge in [0.1, 0.15) is 16.9 Å². The third kappa shape index (κ3) is 4.92. The molecule has 0 radical (unpaired) electrons. The first kappa shape index (κ1) is 23.3. The molecule has 170 valence electrons. The number of fused-ring (bicyclic) bond motifs is 1. The molecule has 1 atom stereocenters. The number of pyridine rings is 1. The van der Waals surface area contributed by atoms with Crippen molar-refractivity contribution in [3.8, 4) is 11.5 Å². The predicted molar refractivity (Wildman–Crippen MR) is 113 cm³/mol. The van der Waals surface area contributed by atoms with Crippen LogP contribution in [0.4, 0.5) is 18.0 Å². The van der Waals surface area contributed by atoms with Crippen molar-refractivity contribution in [3.05, 3.63) is 63.4 Å². The van der Waals surface area contributed by atoms with E-state index in [4.69, 9.17) is 9.15 Å². The van der Waals surface area contributed by atoms with Gasteiger partial charge in [0.15, 0.2) is 11.2 Å². The maximum atomic E-state index is 13.6. The fourth-order valence-corrected chi connectivity index (χ4v) is 3.21. The molecule has 0 saturated carbocycles. The highest BCUT2D eigenvalue weighted by atomic mass is 19.4. The molecule has 0 aliphatic rings. The van der Waals surface area contributed by atoms with Crippen molar-refractivity contribution >= 4 is 17.1 Å². The highest BCUT2D eigenvalue weighted by Crippen LogP contribution is 2.36. The quantitative estimate of drug-likeness (QED) is 0.550. The summed E-state index contributed by atoms with van der Waals surface area (Å²) in [5, 5.41) is 2.28. The number of benzene rings is 1. The van der Waals surface area contributed by atoms with Crippen LogP contribution in [0.3, 0.4) is 0 Å². The van der Waals surface area contributed by atoms with Crippen LogP contribution in [-0.4, -0.2) is 16.7 Å². The van der Waals surface area contributed by atoms with Gasteiger partial charge < -0.3 is 14.5 Å². The van der Waals surface area contributed by atoms with Crippen LogP contribution in [0.25, 0.3) is 22.4 Å². The van der Waals surface area contributed by atoms with Gasteiger partial charge in [0, 0.05) is 17.3 Å². The summed E-state index contributed by atoms with van der Waals surface area (Å²) in [7, 11) is 0. The van der Waals surface area contributed by atoms with E-state index in [2.05, 4.69) is 10.3 Å². The highest BCUT2D eigenvalue weighted by Gasteiger charge is 2.33. The lowest BCUT2D eigenvalue weighted by atomic mass is 9.99. The first-order valence-electron chi connectivity index (χ1n) is 9.87. The molecule has 0 aliphatic carbocycles. The Kier molecular flexibility index (Phi) is 6.04. The number of hydrogen-bond donors (Lipinski definition) is 1. The Labute approximate surface area is 182 Å². The van der Waals surface area contributed by atoms with Gasteiger partial charge in [0.2, 0.25) is 0 Å². The number of carbonyl (C=O) groups is 1. The number of nitrogens with one attached hydrogen (secondary N) is 1. The van der Waals surface area contributed by atoms with Gasteiger partial charge >= 0.3 is 12.3 Å². The molecule has 3 aromatic rings. The molecular weight excluding hydrogens is 425 g/mol. The second-order valence-electron chi connectivity index (χ2n) is 8.41. The standard InChI is InChI=1S/C23H23F3N2O4/c1-12-18(29)16-11-14(23(24,25)26)10-15(13(2)28-21(30)32-22(3,4)5)20(16)31-19(12)17-8-6-7-9-27-17/h6-11,13H,1-5H3,(H,28,30)/t13-/m1/s1. The fraction of sp³-hybridized carbons (Fsp3) is 0.348. The Morgan fingerprint density at radius 1 is 1.19 bits per heavy atom. The summed E-state index contributed by atoms with van der Waals surface area (Å²) in [4.78, 5) is 29.4. The van der Waals surface area contributed by atoms with Crippen LogP contribution < -0.4 is 10.7 Å². The molecule has 0 spiro atoms. The van der Waals surface area contributed by atoms with Gasteiger partial charge in [0.25, 0.3) is 0 Å². The summed E-state index contributed by atoms with van der Waals surface area (Å²) in [6, 6.07) is 5.70. The Hall–Kier alpha value is -3.36. The van der Waals surface area contributed by atoms with E-state index in [1.54, 1.807) is 39.0 Å². The SMILES string of the molecule is Cc1c(-c2ccccn2)oc2c([C@@H](C)NC(=O)OC(C)(C)C)cc(C(F)(F)F)cc2c1=O. The minimum Gasteiger partial charge on any atom is -0.454 e. The van der Waals surface area contributed by atoms with Crippen LogP contribution >= 0.6 is 0 Å². The lowest BCUT2D eigenvalue weighted by molar-refractivity contribution is -0.137. The van der Waals surface area contributed by atoms with E-state index in [0.717, 1.165) is 12.1 Å². The first-order valence-corrected chi connectivity index (χ1v) is 9.87. The smallest absolute Gasteiger partial charge is 0.416 e. The molecule has 0 aliphatic heterocycles. The molecule has 0 saturated heterocycles. The van der Waals surface area contributed by atoms with Crippen LogP contribution in [0.15, 0.2) is 45.7 Å². The average molecular weight is 448 g/mol. The number of carbonyl (C=O) groups excluding carboxylic acids is 1. The third-order valence-electron chi connectivity index (χ3n) is 4.67. The van der Waals surface area contributed by atoms with Crippen LogP contribution in [0.5, 0.6) is 0 Å². The number of hydrogen-bond acceptors (Lipinski definition) is 5. The Bertz CT molecular complexity index is 1210. The number of nitrogens with zero attached hydrogens (tertiary/aromatic N) is 1. The van der Waals surface area contributed by atoms with Crippen LogP contribution in [0.1, 0.15) is 50.4 Å². The molecule has 0 unspecified atom stereocenters. The highest BCUT2D eigenvalue weighted by molar-refractivity contribution is 5.84. The Morgan fingerprint density at radius 2 is 1.88 bits per heavy atom. The van der Waals surface area contributed by atoms with Gasteiger partial charge in [-0.3, -0.25) is 9.78 Å². The van der Waals surface area contributed by atoms with Gasteiger partial charge in [-0.1, -0.05) is 6.07 Å². The molecule has 0 fully saturated rings. The molecule has 2 aromatic heterocycles. The molecular formula is C23H23F3N2O4. The number of halogens is 3. The summed E-state index contributed by atoms with van der Waals surface area (Å²) < 4.78 is 51.8. The van der Waals surface area contributed by atoms with E-state index in [9.17, 15) is 22.8 Å². The van der Waals surface area contributed by atoms with E-state index >= 15 is 0 Å². The molecule has 0 bridgehead atoms. The largest absolute Gasteiger partial charge is 0.454 e. The number of amides is 1. The summed E-state index contributed by atoms with van der Waals surface area (Å²) >= 11 is 0. The first-order chi connectivity index (χ1) is 14.8. The second kappa shape index (κ2) is 8.29. The number of rotatable bonds is 3. The van der Waals surface area contributed by atoms with Gasteiger partial charge in [0.05, 0.1) is 17.0 Å². The maximum Gasteiger partial charge on any atom is 0.416 e. The lowest BCUT2D eigenvalue weighted by Gasteiger charge is -2.23. The zero-order valence-electron chi connectivity index (χ0n) is 18.3. The van der Waals surface area contributed by atoms with E-state index in [0.29, 0.717) is 5.69 Å². The zero-order valence-corrected chi connectivity index (χ0v) is 18.3. The van der Waals surface area contributed by atoms with Crippen molar-refractivity contribution in [1.29, 1.82) is 0 Å². The average Bonchev–Trinajstić information content (AvgIpc) is 2.68. The molecule has 32 heavy (non-hydrogen) atoms. The molecule has 1 amide bonds. The number of alkyl halides is 3. The second-order valence-corrected chi connectivity index (χ2v) is 8.41. The number of aromatic nitrogens is 1. The minimum atomic E-state index is -4.70. The van der Waals surface area contributed by atoms with E-state index < -0.39 is 34.9 Å². The number of ether oxygens (including phenoxy) is 1. The molecule has 1 aromatic carbocycles. The summed E-state index contributed by atoms with van der Waals surface area (Å²) in [6.45, 7) is 7.95. The molecule has 2 heterocycles. The van der Waals surface area contributed by atoms with Gasteiger partial charge in [-0.05, 0) is 58.9 Å². The summed E-state index contributed by atoms with van der Waals surface area (Å²) in [5.74, 6) is 0.147. The van der Waals surface area contributed by atoms with Crippen molar-refractivity contribution < 1.29 is 27.1 Å². The minimum absolute atomic E-state index is 0.00466. The molecule has 3 rings (SSSR count). The Morgan fingerprint density at radius 3 is 2.44 bits per heavy atom. The van der Waals surface area contributed by atoms with Gasteiger partial charge in [-0.25, -0.2) is 4.79 Å². The van der Waals surface area contributed by atoms with Crippen molar-refractivity contribution in [2.45, 2.75) is 52.4 Å². The third-order valence-corrected chi connectivity index (χ3v) is 4.67. The molecule has 1 N–H and O–H groups in total. The lowest BCUT2D eigenvalue weighted by Crippen LogP contribution is -2.34. The Balaban J connectivity index is 2.23. The number of alkyl carbamates (subject to hydrolysis) is 1. The van der Waals surface area contributed by atoms with Gasteiger partial charge in [-0.15, -0.1) is 0 Å². The van der Waals surface area contributed by atoms with Crippen molar-refractivity contribution in [2.24, 2.45) is 0 Å². The normalized spacial score (nSPS) is 13.1. The van der Waals surface area contributed by atoms with E-state index in [1.165, 1.54) is 20.0 Å². The zero-order chi connectivity index (χ0) is 23.8. The van der Waals surface area contributed by atoms with Gasteiger partial charge in [-0.2, -0.15) is 13.2 Å². The van der Waals surface area contributed by atoms with Crippen molar-refractivity contribution in [2.75, 3.05) is 0 Å². The summed E-state index contributed by atoms with van der Waals surface area (Å²) in [6.07, 6.45) is -4.00. The maximum absolute atomic E-state index is 13.6. The van der Waals surface area contributed by atoms with Crippen LogP contribution in [-0.2, 0) is 10.9 Å². The predicted octanol–water partition coefficient (Wildman–Crippen LogP) is 5.77. The topological polar surface area (TPSA) is 81.4 Å². The monoisotopic (exact) mass is 448 g/mol. The molecule has 9 heteroatoms. The van der Waals surface area contributed by atoms with Crippen LogP contribution in [0, 0.1) is 6.92 Å². The van der Waals surface area contributed by atoms with Crippen molar-refractivity contribution in [1.82, 2.24) is 10.3 Å². The van der Waals surface area contributed by atoms with Crippen molar-refractivity contribution in [3.63, 3.8) is 0 Å². The summed E-state index contributed by atoms with van der Waals surface area (Å²) in [5.41, 5.74) is -1.99. The van der Waals surface area contributed by atoms with E-state index in [1.807, 2.05) is 0 Å². The fourth-order valence-electron chi connectivity index (χ4n) is 3.21. The van der Waals surface area contributed by atoms with Crippen LogP contribution in [0.2, 0.25) is 0 Å².